The first-order valence-electron chi connectivity index (χ1n) is 8.50. The van der Waals surface area contributed by atoms with Crippen molar-refractivity contribution < 1.29 is 21.6 Å². The third kappa shape index (κ3) is 5.64. The predicted molar refractivity (Wildman–Crippen MR) is 92.2 cm³/mol. The van der Waals surface area contributed by atoms with Crippen LogP contribution in [0.1, 0.15) is 62.9 Å². The molecule has 4 nitrogen and oxygen atoms in total. The van der Waals surface area contributed by atoms with E-state index in [2.05, 4.69) is 10.2 Å². The number of rotatable bonds is 5. The predicted octanol–water partition coefficient (Wildman–Crippen LogP) is 4.51. The van der Waals surface area contributed by atoms with Crippen molar-refractivity contribution in [1.29, 1.82) is 0 Å². The Morgan fingerprint density at radius 3 is 2.08 bits per heavy atom. The first kappa shape index (κ1) is 20.6. The maximum Gasteiger partial charge on any atom is 0.445 e. The van der Waals surface area contributed by atoms with E-state index in [1.807, 2.05) is 0 Å². The second-order valence-electron chi connectivity index (χ2n) is 7.82. The number of sulfone groups is 1. The summed E-state index contributed by atoms with van der Waals surface area (Å²) in [5, 5.41) is 6.36. The highest BCUT2D eigenvalue weighted by atomic mass is 32.2. The van der Waals surface area contributed by atoms with Crippen LogP contribution in [0.5, 0.6) is 0 Å². The zero-order valence-electron chi connectivity index (χ0n) is 14.8. The molecule has 9 heteroatoms. The number of hydrogen-bond donors (Lipinski definition) is 0. The van der Waals surface area contributed by atoms with Gasteiger partial charge in [-0.3, -0.25) is 0 Å². The van der Waals surface area contributed by atoms with Gasteiger partial charge >= 0.3 is 6.18 Å². The molecule has 1 heterocycles. The molecule has 1 fully saturated rings. The molecule has 0 aromatic carbocycles. The zero-order valence-corrected chi connectivity index (χ0v) is 16.4. The molecule has 0 aliphatic heterocycles. The Kier molecular flexibility index (Phi) is 6.18. The zero-order chi connectivity index (χ0) is 18.9. The Bertz CT molecular complexity index is 670. The van der Waals surface area contributed by atoms with Gasteiger partial charge in [0.15, 0.2) is 9.84 Å². The topological polar surface area (TPSA) is 59.9 Å². The Balaban J connectivity index is 1.78. The van der Waals surface area contributed by atoms with Gasteiger partial charge in [-0.05, 0) is 51.9 Å². The summed E-state index contributed by atoms with van der Waals surface area (Å²) < 4.78 is 61.4. The molecule has 144 valence electrons. The minimum atomic E-state index is -4.42. The first-order valence-corrected chi connectivity index (χ1v) is 11.0. The number of aryl methyl sites for hydroxylation is 1. The van der Waals surface area contributed by atoms with Gasteiger partial charge in [-0.25, -0.2) is 8.42 Å². The molecule has 1 aliphatic carbocycles. The lowest BCUT2D eigenvalue weighted by Gasteiger charge is -2.30. The molecule has 0 unspecified atom stereocenters. The molecular formula is C16H25F3N2O2S2. The van der Waals surface area contributed by atoms with Crippen LogP contribution in [0.3, 0.4) is 0 Å². The minimum absolute atomic E-state index is 0.193. The van der Waals surface area contributed by atoms with Gasteiger partial charge in [-0.1, -0.05) is 24.2 Å². The number of alkyl halides is 3. The highest BCUT2D eigenvalue weighted by Crippen LogP contribution is 2.35. The van der Waals surface area contributed by atoms with E-state index in [1.54, 1.807) is 20.8 Å². The Labute approximate surface area is 151 Å². The third-order valence-electron chi connectivity index (χ3n) is 4.83. The molecule has 0 atom stereocenters. The molecule has 0 amide bonds. The van der Waals surface area contributed by atoms with Crippen LogP contribution in [0.2, 0.25) is 0 Å². The summed E-state index contributed by atoms with van der Waals surface area (Å²) in [5.74, 6) is 0.847. The average molecular weight is 399 g/mol. The van der Waals surface area contributed by atoms with E-state index in [4.69, 9.17) is 0 Å². The molecule has 0 saturated heterocycles. The fraction of sp³-hybridized carbons (Fsp3) is 0.875. The Morgan fingerprint density at radius 1 is 1.04 bits per heavy atom. The normalized spacial score (nSPS) is 23.0. The van der Waals surface area contributed by atoms with E-state index in [9.17, 15) is 21.6 Å². The molecule has 1 saturated carbocycles. The van der Waals surface area contributed by atoms with Crippen molar-refractivity contribution in [1.82, 2.24) is 10.2 Å². The number of halogens is 3. The lowest BCUT2D eigenvalue weighted by Crippen LogP contribution is -2.34. The van der Waals surface area contributed by atoms with Crippen molar-refractivity contribution in [3.05, 3.63) is 10.0 Å². The van der Waals surface area contributed by atoms with Gasteiger partial charge in [0, 0.05) is 6.42 Å². The van der Waals surface area contributed by atoms with Gasteiger partial charge in [-0.2, -0.15) is 13.2 Å². The molecule has 2 rings (SSSR count). The summed E-state index contributed by atoms with van der Waals surface area (Å²) >= 11 is 0.613. The molecule has 0 bridgehead atoms. The van der Waals surface area contributed by atoms with Crippen molar-refractivity contribution in [2.45, 2.75) is 70.2 Å². The maximum atomic E-state index is 12.5. The van der Waals surface area contributed by atoms with Gasteiger partial charge in [0.25, 0.3) is 0 Å². The fourth-order valence-corrected chi connectivity index (χ4v) is 5.22. The smallest absolute Gasteiger partial charge is 0.228 e. The standard InChI is InChI=1S/C16H25F3N2O2S2/c1-15(2,3)25(22,23)10-12-6-4-11(5-7-12)8-9-13-20-21-14(24-13)16(17,18)19/h11-12H,4-10H2,1-3H3. The van der Waals surface area contributed by atoms with Gasteiger partial charge in [-0.15, -0.1) is 10.2 Å². The second-order valence-corrected chi connectivity index (χ2v) is 11.7. The summed E-state index contributed by atoms with van der Waals surface area (Å²) in [7, 11) is -3.10. The van der Waals surface area contributed by atoms with Crippen LogP contribution >= 0.6 is 11.3 Å². The second kappa shape index (κ2) is 7.50. The van der Waals surface area contributed by atoms with Gasteiger partial charge in [0.05, 0.1) is 10.5 Å². The van der Waals surface area contributed by atoms with E-state index in [0.29, 0.717) is 28.7 Å². The van der Waals surface area contributed by atoms with E-state index in [-0.39, 0.29) is 11.7 Å². The fourth-order valence-electron chi connectivity index (χ4n) is 3.04. The van der Waals surface area contributed by atoms with E-state index in [1.165, 1.54) is 0 Å². The highest BCUT2D eigenvalue weighted by Gasteiger charge is 2.36. The van der Waals surface area contributed by atoms with Gasteiger partial charge in [0.2, 0.25) is 5.01 Å². The van der Waals surface area contributed by atoms with Gasteiger partial charge < -0.3 is 0 Å². The molecule has 0 N–H and O–H groups in total. The molecular weight excluding hydrogens is 373 g/mol. The summed E-state index contributed by atoms with van der Waals surface area (Å²) in [5.41, 5.74) is 0. The van der Waals surface area contributed by atoms with Crippen molar-refractivity contribution in [2.75, 3.05) is 5.75 Å². The third-order valence-corrected chi connectivity index (χ3v) is 8.63. The maximum absolute atomic E-state index is 12.5. The molecule has 0 spiro atoms. The van der Waals surface area contributed by atoms with Crippen LogP contribution in [0.15, 0.2) is 0 Å². The Morgan fingerprint density at radius 2 is 1.60 bits per heavy atom. The number of nitrogens with zero attached hydrogens (tertiary/aromatic N) is 2. The van der Waals surface area contributed by atoms with Crippen molar-refractivity contribution in [3.63, 3.8) is 0 Å². The molecule has 1 aromatic heterocycles. The number of hydrogen-bond acceptors (Lipinski definition) is 5. The SMILES string of the molecule is CC(C)(C)S(=O)(=O)CC1CCC(CCc2nnc(C(F)(F)F)s2)CC1. The molecule has 1 aliphatic rings. The summed E-state index contributed by atoms with van der Waals surface area (Å²) in [6.07, 6.45) is 0.444. The minimum Gasteiger partial charge on any atom is -0.228 e. The largest absolute Gasteiger partial charge is 0.445 e. The van der Waals surface area contributed by atoms with Crippen LogP contribution in [-0.4, -0.2) is 29.1 Å². The highest BCUT2D eigenvalue weighted by molar-refractivity contribution is 7.92. The lowest BCUT2D eigenvalue weighted by molar-refractivity contribution is -0.138. The quantitative estimate of drug-likeness (QED) is 0.732. The summed E-state index contributed by atoms with van der Waals surface area (Å²) in [6, 6.07) is 0. The van der Waals surface area contributed by atoms with Crippen LogP contribution in [-0.2, 0) is 22.4 Å². The molecule has 25 heavy (non-hydrogen) atoms. The van der Waals surface area contributed by atoms with Crippen molar-refractivity contribution in [3.8, 4) is 0 Å². The monoisotopic (exact) mass is 398 g/mol. The van der Waals surface area contributed by atoms with Crippen LogP contribution < -0.4 is 0 Å². The van der Waals surface area contributed by atoms with Crippen LogP contribution in [0, 0.1) is 11.8 Å². The molecule has 1 aromatic rings. The average Bonchev–Trinajstić information content (AvgIpc) is 2.94. The van der Waals surface area contributed by atoms with E-state index >= 15 is 0 Å². The molecule has 0 radical (unpaired) electrons. The van der Waals surface area contributed by atoms with E-state index in [0.717, 1.165) is 32.1 Å². The Hall–Kier alpha value is -0.700. The van der Waals surface area contributed by atoms with Crippen LogP contribution in [0.25, 0.3) is 0 Å². The van der Waals surface area contributed by atoms with E-state index < -0.39 is 25.8 Å². The lowest BCUT2D eigenvalue weighted by atomic mass is 9.81. The van der Waals surface area contributed by atoms with Crippen LogP contribution in [0.4, 0.5) is 13.2 Å². The summed E-state index contributed by atoms with van der Waals surface area (Å²) in [6.45, 7) is 5.18. The van der Waals surface area contributed by atoms with Gasteiger partial charge in [0.1, 0.15) is 5.01 Å². The first-order chi connectivity index (χ1) is 11.4. The van der Waals surface area contributed by atoms with Crippen molar-refractivity contribution in [2.24, 2.45) is 11.8 Å². The summed E-state index contributed by atoms with van der Waals surface area (Å²) in [4.78, 5) is 0. The number of aromatic nitrogens is 2. The van der Waals surface area contributed by atoms with Crippen molar-refractivity contribution >= 4 is 21.2 Å².